The van der Waals surface area contributed by atoms with E-state index in [0.29, 0.717) is 34.1 Å². The van der Waals surface area contributed by atoms with Crippen LogP contribution in [0.25, 0.3) is 10.8 Å². The molecule has 0 amide bonds. The van der Waals surface area contributed by atoms with E-state index in [1.165, 1.54) is 12.1 Å². The summed E-state index contributed by atoms with van der Waals surface area (Å²) in [7, 11) is 0. The van der Waals surface area contributed by atoms with E-state index < -0.39 is 0 Å². The Kier molecular flexibility index (Phi) is 7.65. The minimum absolute atomic E-state index is 0.0236. The molecule has 0 aliphatic rings. The number of rotatable bonds is 4. The minimum atomic E-state index is -0.0236. The lowest BCUT2D eigenvalue weighted by atomic mass is 9.98. The van der Waals surface area contributed by atoms with Gasteiger partial charge in [-0.05, 0) is 72.8 Å². The molecule has 0 bridgehead atoms. The van der Waals surface area contributed by atoms with Gasteiger partial charge in [-0.3, -0.25) is 0 Å². The summed E-state index contributed by atoms with van der Waals surface area (Å²) >= 11 is 0. The molecule has 0 fully saturated rings. The van der Waals surface area contributed by atoms with Crippen LogP contribution in [0.3, 0.4) is 0 Å². The fourth-order valence-corrected chi connectivity index (χ4v) is 4.55. The molecule has 6 rings (SSSR count). The van der Waals surface area contributed by atoms with Gasteiger partial charge in [0.05, 0.1) is 22.5 Å². The average molecular weight is 575 g/mol. The summed E-state index contributed by atoms with van der Waals surface area (Å²) < 4.78 is 12.5. The quantitative estimate of drug-likeness (QED) is 0.0971. The highest BCUT2D eigenvalue weighted by atomic mass is 16.5. The van der Waals surface area contributed by atoms with Crippen LogP contribution in [0.4, 0.5) is 11.4 Å². The molecule has 6 nitrogen and oxygen atoms in total. The molecule has 0 saturated heterocycles. The molecule has 44 heavy (non-hydrogen) atoms. The van der Waals surface area contributed by atoms with Crippen LogP contribution in [0, 0.1) is 23.7 Å². The molecule has 6 heteroatoms. The Bertz CT molecular complexity index is 1970. The second kappa shape index (κ2) is 12.2. The lowest BCUT2D eigenvalue weighted by Crippen LogP contribution is -1.96. The number of anilines is 2. The SMILES string of the molecule is Nc1cc(Oc2ccc3c(C#Cc4ccccc4)c(Oc4ccc(O)c(N)c4)ccc3c2C#Cc2ccccc2)ccc1O. The summed E-state index contributed by atoms with van der Waals surface area (Å²) in [6.07, 6.45) is 0. The van der Waals surface area contributed by atoms with Crippen molar-refractivity contribution in [3.8, 4) is 58.2 Å². The number of nitrogen functional groups attached to an aromatic ring is 2. The first kappa shape index (κ1) is 27.7. The molecule has 6 aromatic rings. The number of phenolic OH excluding ortho intramolecular Hbond substituents is 2. The maximum Gasteiger partial charge on any atom is 0.143 e. The summed E-state index contributed by atoms with van der Waals surface area (Å²) in [5, 5.41) is 21.4. The molecule has 6 aromatic carbocycles. The standard InChI is InChI=1S/C38H26N2O4/c39-33-23-27(13-19-35(33)41)43-37-21-18-30-29(31(37)15-11-25-7-3-1-4-8-25)17-22-38(44-28-14-20-36(42)34(40)24-28)32(30)16-12-26-9-5-2-6-10-26/h1-10,13-14,17-24,41-42H,39-40H2. The predicted octanol–water partition coefficient (Wildman–Crippen LogP) is 7.80. The molecule has 0 atom stereocenters. The Morgan fingerprint density at radius 3 is 1.25 bits per heavy atom. The molecular formula is C38H26N2O4. The fourth-order valence-electron chi connectivity index (χ4n) is 4.55. The molecule has 6 N–H and O–H groups in total. The predicted molar refractivity (Wildman–Crippen MR) is 174 cm³/mol. The second-order valence-corrected chi connectivity index (χ2v) is 9.85. The number of aromatic hydroxyl groups is 2. The van der Waals surface area contributed by atoms with E-state index >= 15 is 0 Å². The highest BCUT2D eigenvalue weighted by Gasteiger charge is 2.16. The molecule has 0 unspecified atom stereocenters. The Balaban J connectivity index is 1.54. The van der Waals surface area contributed by atoms with E-state index in [-0.39, 0.29) is 22.9 Å². The summed E-state index contributed by atoms with van der Waals surface area (Å²) in [5.74, 6) is 15.0. The van der Waals surface area contributed by atoms with Crippen molar-refractivity contribution in [3.63, 3.8) is 0 Å². The van der Waals surface area contributed by atoms with Gasteiger partial charge in [-0.2, -0.15) is 0 Å². The summed E-state index contributed by atoms with van der Waals surface area (Å²) in [5.41, 5.74) is 15.2. The molecule has 0 heterocycles. The monoisotopic (exact) mass is 574 g/mol. The topological polar surface area (TPSA) is 111 Å². The smallest absolute Gasteiger partial charge is 0.143 e. The molecule has 0 aliphatic carbocycles. The van der Waals surface area contributed by atoms with Crippen molar-refractivity contribution in [1.29, 1.82) is 0 Å². The minimum Gasteiger partial charge on any atom is -0.506 e. The number of ether oxygens (including phenoxy) is 2. The molecule has 212 valence electrons. The molecule has 0 aromatic heterocycles. The molecule has 0 saturated carbocycles. The Morgan fingerprint density at radius 2 is 0.864 bits per heavy atom. The lowest BCUT2D eigenvalue weighted by molar-refractivity contribution is 0.466. The third-order valence-electron chi connectivity index (χ3n) is 6.79. The van der Waals surface area contributed by atoms with Crippen LogP contribution in [-0.4, -0.2) is 10.2 Å². The number of nitrogens with two attached hydrogens (primary N) is 2. The van der Waals surface area contributed by atoms with Gasteiger partial charge >= 0.3 is 0 Å². The molecule has 0 aliphatic heterocycles. The highest BCUT2D eigenvalue weighted by molar-refractivity contribution is 5.96. The summed E-state index contributed by atoms with van der Waals surface area (Å²) in [6, 6.07) is 36.2. The second-order valence-electron chi connectivity index (χ2n) is 9.85. The number of phenols is 2. The number of fused-ring (bicyclic) bond motifs is 1. The van der Waals surface area contributed by atoms with Crippen molar-refractivity contribution in [1.82, 2.24) is 0 Å². The Hall–Kier alpha value is -6.50. The van der Waals surface area contributed by atoms with Gasteiger partial charge in [0.2, 0.25) is 0 Å². The maximum atomic E-state index is 9.89. The van der Waals surface area contributed by atoms with Crippen LogP contribution in [-0.2, 0) is 0 Å². The van der Waals surface area contributed by atoms with E-state index in [4.69, 9.17) is 20.9 Å². The van der Waals surface area contributed by atoms with Crippen LogP contribution in [0.15, 0.2) is 121 Å². The van der Waals surface area contributed by atoms with Gasteiger partial charge in [-0.15, -0.1) is 0 Å². The van der Waals surface area contributed by atoms with Gasteiger partial charge in [0, 0.05) is 34.0 Å². The van der Waals surface area contributed by atoms with Crippen molar-refractivity contribution in [2.24, 2.45) is 0 Å². The zero-order valence-corrected chi connectivity index (χ0v) is 23.4. The first-order valence-corrected chi connectivity index (χ1v) is 13.7. The van der Waals surface area contributed by atoms with Gasteiger partial charge < -0.3 is 31.2 Å². The van der Waals surface area contributed by atoms with Crippen molar-refractivity contribution >= 4 is 22.1 Å². The van der Waals surface area contributed by atoms with Crippen LogP contribution >= 0.6 is 0 Å². The number of benzene rings is 6. The van der Waals surface area contributed by atoms with Gasteiger partial charge in [-0.1, -0.05) is 60.1 Å². The third kappa shape index (κ3) is 6.06. The average Bonchev–Trinajstić information content (AvgIpc) is 3.04. The van der Waals surface area contributed by atoms with Crippen molar-refractivity contribution in [2.45, 2.75) is 0 Å². The van der Waals surface area contributed by atoms with E-state index in [9.17, 15) is 10.2 Å². The third-order valence-corrected chi connectivity index (χ3v) is 6.79. The van der Waals surface area contributed by atoms with Crippen LogP contribution in [0.2, 0.25) is 0 Å². The van der Waals surface area contributed by atoms with Crippen molar-refractivity contribution < 1.29 is 19.7 Å². The van der Waals surface area contributed by atoms with E-state index in [1.807, 2.05) is 84.9 Å². The van der Waals surface area contributed by atoms with E-state index in [1.54, 1.807) is 24.3 Å². The fraction of sp³-hybridized carbons (Fsp3) is 0. The highest BCUT2D eigenvalue weighted by Crippen LogP contribution is 2.38. The van der Waals surface area contributed by atoms with Gasteiger partial charge in [-0.25, -0.2) is 0 Å². The first-order chi connectivity index (χ1) is 21.4. The largest absolute Gasteiger partial charge is 0.506 e. The van der Waals surface area contributed by atoms with Crippen molar-refractivity contribution in [3.05, 3.63) is 144 Å². The van der Waals surface area contributed by atoms with Crippen LogP contribution in [0.5, 0.6) is 34.5 Å². The van der Waals surface area contributed by atoms with Crippen LogP contribution in [0.1, 0.15) is 22.3 Å². The maximum absolute atomic E-state index is 9.89. The number of hydrogen-bond donors (Lipinski definition) is 4. The summed E-state index contributed by atoms with van der Waals surface area (Å²) in [6.45, 7) is 0. The normalized spacial score (nSPS) is 10.3. The summed E-state index contributed by atoms with van der Waals surface area (Å²) in [4.78, 5) is 0. The van der Waals surface area contributed by atoms with Crippen LogP contribution < -0.4 is 20.9 Å². The zero-order valence-electron chi connectivity index (χ0n) is 23.4. The number of hydrogen-bond acceptors (Lipinski definition) is 6. The van der Waals surface area contributed by atoms with Gasteiger partial charge in [0.25, 0.3) is 0 Å². The first-order valence-electron chi connectivity index (χ1n) is 13.7. The lowest BCUT2D eigenvalue weighted by Gasteiger charge is -2.15. The zero-order chi connectivity index (χ0) is 30.5. The van der Waals surface area contributed by atoms with E-state index in [0.717, 1.165) is 21.9 Å². The van der Waals surface area contributed by atoms with Gasteiger partial charge in [0.15, 0.2) is 0 Å². The Labute approximate surface area is 254 Å². The van der Waals surface area contributed by atoms with Crippen molar-refractivity contribution in [2.75, 3.05) is 11.5 Å². The van der Waals surface area contributed by atoms with Gasteiger partial charge in [0.1, 0.15) is 34.5 Å². The van der Waals surface area contributed by atoms with E-state index in [2.05, 4.69) is 23.7 Å². The molecule has 0 spiro atoms. The molecule has 0 radical (unpaired) electrons. The Morgan fingerprint density at radius 1 is 0.455 bits per heavy atom. The molecular weight excluding hydrogens is 548 g/mol.